The average molecular weight is 264 g/mol. The number of amides is 1. The third kappa shape index (κ3) is 2.37. The SMILES string of the molecule is O=C1CS[C@H](c2ccncc2)N1C[C@H]1CCCO1. The Morgan fingerprint density at radius 2 is 2.28 bits per heavy atom. The van der Waals surface area contributed by atoms with Crippen LogP contribution in [0.5, 0.6) is 0 Å². The molecule has 5 heteroatoms. The summed E-state index contributed by atoms with van der Waals surface area (Å²) < 4.78 is 5.63. The maximum Gasteiger partial charge on any atom is 0.233 e. The largest absolute Gasteiger partial charge is 0.376 e. The number of carbonyl (C=O) groups excluding carboxylic acids is 1. The molecule has 0 spiro atoms. The minimum absolute atomic E-state index is 0.129. The number of hydrogen-bond acceptors (Lipinski definition) is 4. The smallest absolute Gasteiger partial charge is 0.233 e. The highest BCUT2D eigenvalue weighted by Gasteiger charge is 2.35. The van der Waals surface area contributed by atoms with Gasteiger partial charge in [0.2, 0.25) is 5.91 Å². The number of nitrogens with zero attached hydrogens (tertiary/aromatic N) is 2. The molecule has 1 aromatic rings. The number of carbonyl (C=O) groups is 1. The summed E-state index contributed by atoms with van der Waals surface area (Å²) in [5.74, 6) is 0.789. The second-order valence-electron chi connectivity index (χ2n) is 4.63. The molecule has 2 atom stereocenters. The van der Waals surface area contributed by atoms with Crippen molar-refractivity contribution in [1.29, 1.82) is 0 Å². The lowest BCUT2D eigenvalue weighted by Crippen LogP contribution is -2.35. The molecule has 4 nitrogen and oxygen atoms in total. The van der Waals surface area contributed by atoms with E-state index in [1.54, 1.807) is 24.2 Å². The molecule has 3 heterocycles. The Balaban J connectivity index is 1.74. The standard InChI is InChI=1S/C13H16N2O2S/c16-12-9-18-13(10-3-5-14-6-4-10)15(12)8-11-2-1-7-17-11/h3-6,11,13H,1-2,7-9H2/t11-,13-/m1/s1. The highest BCUT2D eigenvalue weighted by atomic mass is 32.2. The van der Waals surface area contributed by atoms with Crippen LogP contribution in [0.15, 0.2) is 24.5 Å². The Morgan fingerprint density at radius 3 is 3.00 bits per heavy atom. The zero-order valence-corrected chi connectivity index (χ0v) is 10.9. The molecule has 0 saturated carbocycles. The predicted molar refractivity (Wildman–Crippen MR) is 70.1 cm³/mol. The fraction of sp³-hybridized carbons (Fsp3) is 0.538. The minimum atomic E-state index is 0.129. The molecule has 3 rings (SSSR count). The number of ether oxygens (including phenoxy) is 1. The molecule has 0 radical (unpaired) electrons. The molecule has 0 aliphatic carbocycles. The van der Waals surface area contributed by atoms with E-state index in [0.29, 0.717) is 5.75 Å². The van der Waals surface area contributed by atoms with E-state index in [1.807, 2.05) is 17.0 Å². The van der Waals surface area contributed by atoms with Crippen molar-refractivity contribution < 1.29 is 9.53 Å². The number of rotatable bonds is 3. The van der Waals surface area contributed by atoms with Crippen molar-refractivity contribution in [3.63, 3.8) is 0 Å². The predicted octanol–water partition coefficient (Wildman–Crippen LogP) is 1.83. The molecule has 0 unspecified atom stereocenters. The average Bonchev–Trinajstić information content (AvgIpc) is 3.03. The quantitative estimate of drug-likeness (QED) is 0.835. The molecule has 96 valence electrons. The van der Waals surface area contributed by atoms with Crippen molar-refractivity contribution >= 4 is 17.7 Å². The van der Waals surface area contributed by atoms with Crippen LogP contribution in [0.3, 0.4) is 0 Å². The number of hydrogen-bond donors (Lipinski definition) is 0. The zero-order valence-electron chi connectivity index (χ0n) is 10.1. The second-order valence-corrected chi connectivity index (χ2v) is 5.69. The van der Waals surface area contributed by atoms with E-state index in [2.05, 4.69) is 4.98 Å². The molecule has 18 heavy (non-hydrogen) atoms. The topological polar surface area (TPSA) is 42.4 Å². The molecule has 2 aliphatic heterocycles. The molecule has 2 fully saturated rings. The maximum atomic E-state index is 12.0. The van der Waals surface area contributed by atoms with Crippen LogP contribution in [-0.4, -0.2) is 40.8 Å². The van der Waals surface area contributed by atoms with E-state index < -0.39 is 0 Å². The highest BCUT2D eigenvalue weighted by molar-refractivity contribution is 8.00. The molecule has 0 aromatic carbocycles. The molecule has 2 aliphatic rings. The molecular formula is C13H16N2O2S. The first-order chi connectivity index (χ1) is 8.84. The summed E-state index contributed by atoms with van der Waals surface area (Å²) in [6.45, 7) is 1.55. The van der Waals surface area contributed by atoms with Gasteiger partial charge in [0, 0.05) is 25.5 Å². The van der Waals surface area contributed by atoms with Gasteiger partial charge in [-0.05, 0) is 30.5 Å². The van der Waals surface area contributed by atoms with Gasteiger partial charge in [-0.15, -0.1) is 11.8 Å². The Morgan fingerprint density at radius 1 is 1.44 bits per heavy atom. The monoisotopic (exact) mass is 264 g/mol. The highest BCUT2D eigenvalue weighted by Crippen LogP contribution is 2.38. The van der Waals surface area contributed by atoms with E-state index >= 15 is 0 Å². The first-order valence-corrected chi connectivity index (χ1v) is 7.32. The number of thioether (sulfide) groups is 1. The zero-order chi connectivity index (χ0) is 12.4. The molecule has 2 saturated heterocycles. The van der Waals surface area contributed by atoms with E-state index in [9.17, 15) is 4.79 Å². The van der Waals surface area contributed by atoms with Crippen LogP contribution in [0.1, 0.15) is 23.8 Å². The lowest BCUT2D eigenvalue weighted by molar-refractivity contribution is -0.129. The van der Waals surface area contributed by atoms with Gasteiger partial charge < -0.3 is 9.64 Å². The van der Waals surface area contributed by atoms with Crippen LogP contribution in [0, 0.1) is 0 Å². The third-order valence-electron chi connectivity index (χ3n) is 3.38. The summed E-state index contributed by atoms with van der Waals surface area (Å²) in [4.78, 5) is 18.0. The summed E-state index contributed by atoms with van der Waals surface area (Å²) in [5, 5.41) is 0.129. The van der Waals surface area contributed by atoms with Gasteiger partial charge in [-0.25, -0.2) is 0 Å². The molecule has 1 aromatic heterocycles. The minimum Gasteiger partial charge on any atom is -0.376 e. The molecule has 1 amide bonds. The summed E-state index contributed by atoms with van der Waals surface area (Å²) in [6, 6.07) is 3.97. The van der Waals surface area contributed by atoms with Crippen molar-refractivity contribution in [2.75, 3.05) is 18.9 Å². The van der Waals surface area contributed by atoms with Crippen molar-refractivity contribution in [2.45, 2.75) is 24.3 Å². The van der Waals surface area contributed by atoms with E-state index in [4.69, 9.17) is 4.74 Å². The van der Waals surface area contributed by atoms with Crippen molar-refractivity contribution in [3.8, 4) is 0 Å². The normalized spacial score (nSPS) is 28.0. The first kappa shape index (κ1) is 12.0. The van der Waals surface area contributed by atoms with Gasteiger partial charge in [0.25, 0.3) is 0 Å². The Labute approximate surface area is 111 Å². The second kappa shape index (κ2) is 5.28. The molecule has 0 bridgehead atoms. The van der Waals surface area contributed by atoms with E-state index in [-0.39, 0.29) is 17.4 Å². The molecule has 0 N–H and O–H groups in total. The Hall–Kier alpha value is -1.07. The number of pyridine rings is 1. The van der Waals surface area contributed by atoms with Crippen LogP contribution in [0.4, 0.5) is 0 Å². The van der Waals surface area contributed by atoms with Gasteiger partial charge in [0.05, 0.1) is 11.9 Å². The summed E-state index contributed by atoms with van der Waals surface area (Å²) in [6.07, 6.45) is 5.96. The lowest BCUT2D eigenvalue weighted by Gasteiger charge is -2.26. The fourth-order valence-electron chi connectivity index (χ4n) is 2.46. The van der Waals surface area contributed by atoms with Crippen molar-refractivity contribution in [2.24, 2.45) is 0 Å². The van der Waals surface area contributed by atoms with E-state index in [0.717, 1.165) is 31.6 Å². The number of aromatic nitrogens is 1. The maximum absolute atomic E-state index is 12.0. The van der Waals surface area contributed by atoms with Crippen LogP contribution in [0.2, 0.25) is 0 Å². The van der Waals surface area contributed by atoms with Crippen LogP contribution >= 0.6 is 11.8 Å². The Kier molecular flexibility index (Phi) is 3.52. The van der Waals surface area contributed by atoms with Gasteiger partial charge >= 0.3 is 0 Å². The summed E-state index contributed by atoms with van der Waals surface area (Å²) in [7, 11) is 0. The van der Waals surface area contributed by atoms with Gasteiger partial charge in [-0.3, -0.25) is 9.78 Å². The van der Waals surface area contributed by atoms with Gasteiger partial charge in [0.1, 0.15) is 5.37 Å². The van der Waals surface area contributed by atoms with Crippen molar-refractivity contribution in [3.05, 3.63) is 30.1 Å². The van der Waals surface area contributed by atoms with Gasteiger partial charge in [-0.1, -0.05) is 0 Å². The lowest BCUT2D eigenvalue weighted by atomic mass is 10.2. The molecular weight excluding hydrogens is 248 g/mol. The fourth-order valence-corrected chi connectivity index (χ4v) is 3.66. The van der Waals surface area contributed by atoms with Crippen molar-refractivity contribution in [1.82, 2.24) is 9.88 Å². The van der Waals surface area contributed by atoms with Crippen LogP contribution in [0.25, 0.3) is 0 Å². The van der Waals surface area contributed by atoms with Gasteiger partial charge in [0.15, 0.2) is 0 Å². The van der Waals surface area contributed by atoms with E-state index in [1.165, 1.54) is 0 Å². The third-order valence-corrected chi connectivity index (χ3v) is 4.64. The summed E-state index contributed by atoms with van der Waals surface area (Å²) in [5.41, 5.74) is 1.15. The Bertz CT molecular complexity index is 420. The first-order valence-electron chi connectivity index (χ1n) is 6.27. The summed E-state index contributed by atoms with van der Waals surface area (Å²) >= 11 is 1.69. The van der Waals surface area contributed by atoms with Crippen LogP contribution < -0.4 is 0 Å². The van der Waals surface area contributed by atoms with Crippen LogP contribution in [-0.2, 0) is 9.53 Å². The van der Waals surface area contributed by atoms with Gasteiger partial charge in [-0.2, -0.15) is 0 Å².